The SMILES string of the molecule is O=c1[nH]c(=O)n(COCCOP(=O)(O)OP(=O)(O)CP(=O)(O)O)cc1F. The first-order valence-corrected chi connectivity index (χ1v) is 11.4. The molecule has 0 aliphatic heterocycles. The van der Waals surface area contributed by atoms with Gasteiger partial charge in [-0.3, -0.25) is 28.0 Å². The largest absolute Gasteiger partial charge is 0.479 e. The summed E-state index contributed by atoms with van der Waals surface area (Å²) in [6, 6.07) is 0. The number of aromatic nitrogens is 2. The van der Waals surface area contributed by atoms with E-state index in [4.69, 9.17) is 19.4 Å². The van der Waals surface area contributed by atoms with Gasteiger partial charge in [-0.05, 0) is 0 Å². The zero-order valence-electron chi connectivity index (χ0n) is 12.6. The van der Waals surface area contributed by atoms with Crippen LogP contribution in [0.1, 0.15) is 0 Å². The highest BCUT2D eigenvalue weighted by atomic mass is 31.3. The van der Waals surface area contributed by atoms with Crippen molar-refractivity contribution >= 4 is 23.0 Å². The molecule has 0 fully saturated rings. The van der Waals surface area contributed by atoms with Crippen molar-refractivity contribution in [2.24, 2.45) is 0 Å². The van der Waals surface area contributed by atoms with E-state index in [1.54, 1.807) is 4.98 Å². The average Bonchev–Trinajstić information content (AvgIpc) is 2.39. The summed E-state index contributed by atoms with van der Waals surface area (Å²) in [5.74, 6) is -2.94. The summed E-state index contributed by atoms with van der Waals surface area (Å²) in [5.41, 5.74) is -2.20. The molecule has 0 radical (unpaired) electrons. The number of phosphoric ester groups is 1. The van der Waals surface area contributed by atoms with Gasteiger partial charge in [-0.1, -0.05) is 0 Å². The summed E-state index contributed by atoms with van der Waals surface area (Å²) in [7, 11) is -15.3. The van der Waals surface area contributed by atoms with Crippen LogP contribution in [0.3, 0.4) is 0 Å². The number of hydrogen-bond donors (Lipinski definition) is 5. The molecule has 1 aromatic rings. The lowest BCUT2D eigenvalue weighted by Gasteiger charge is -2.16. The molecule has 0 saturated heterocycles. The summed E-state index contributed by atoms with van der Waals surface area (Å²) < 4.78 is 59.8. The van der Waals surface area contributed by atoms with Crippen molar-refractivity contribution in [3.8, 4) is 0 Å². The van der Waals surface area contributed by atoms with Gasteiger partial charge in [-0.2, -0.15) is 4.39 Å². The maximum atomic E-state index is 13.0. The standard InChI is InChI=1S/C8H14FN2O12P3/c9-6-3-11(8(13)10-7(6)12)4-21-1-2-22-26(19,20)23-25(17,18)5-24(14,15)16/h3H,1-2,4-5H2,(H,17,18)(H,19,20)(H,10,12,13)(H2,14,15,16). The summed E-state index contributed by atoms with van der Waals surface area (Å²) >= 11 is 0. The summed E-state index contributed by atoms with van der Waals surface area (Å²) in [4.78, 5) is 59.2. The predicted molar refractivity (Wildman–Crippen MR) is 80.8 cm³/mol. The molecule has 0 aromatic carbocycles. The molecule has 1 rings (SSSR count). The highest BCUT2D eigenvalue weighted by molar-refractivity contribution is 7.73. The van der Waals surface area contributed by atoms with E-state index in [2.05, 4.69) is 8.83 Å². The quantitative estimate of drug-likeness (QED) is 0.220. The first-order chi connectivity index (χ1) is 11.7. The molecule has 2 unspecified atom stereocenters. The van der Waals surface area contributed by atoms with Gasteiger partial charge in [-0.25, -0.2) is 13.7 Å². The van der Waals surface area contributed by atoms with E-state index in [0.717, 1.165) is 0 Å². The topological polar surface area (TPSA) is 215 Å². The van der Waals surface area contributed by atoms with Crippen molar-refractivity contribution in [2.45, 2.75) is 6.73 Å². The van der Waals surface area contributed by atoms with Crippen molar-refractivity contribution in [3.05, 3.63) is 32.9 Å². The van der Waals surface area contributed by atoms with E-state index < -0.39 is 65.9 Å². The van der Waals surface area contributed by atoms with Gasteiger partial charge >= 0.3 is 28.7 Å². The zero-order chi connectivity index (χ0) is 20.2. The van der Waals surface area contributed by atoms with Crippen LogP contribution in [0.4, 0.5) is 4.39 Å². The highest BCUT2D eigenvalue weighted by Crippen LogP contribution is 2.64. The number of nitrogens with one attached hydrogen (secondary N) is 1. The molecule has 0 amide bonds. The molecule has 0 spiro atoms. The Labute approximate surface area is 143 Å². The van der Waals surface area contributed by atoms with Crippen LogP contribution >= 0.6 is 23.0 Å². The number of phosphoric acid groups is 1. The monoisotopic (exact) mass is 442 g/mol. The van der Waals surface area contributed by atoms with Gasteiger partial charge in [0.25, 0.3) is 5.56 Å². The molecule has 5 N–H and O–H groups in total. The number of rotatable bonds is 10. The third kappa shape index (κ3) is 8.60. The Hall–Kier alpha value is -0.980. The van der Waals surface area contributed by atoms with Crippen LogP contribution in [0, 0.1) is 5.82 Å². The lowest BCUT2D eigenvalue weighted by Crippen LogP contribution is -2.32. The normalized spacial score (nSPS) is 16.8. The summed E-state index contributed by atoms with van der Waals surface area (Å²) in [6.07, 6.45) is 0.562. The average molecular weight is 442 g/mol. The van der Waals surface area contributed by atoms with Gasteiger partial charge in [0.2, 0.25) is 5.82 Å². The van der Waals surface area contributed by atoms with Gasteiger partial charge in [0.15, 0.2) is 5.90 Å². The van der Waals surface area contributed by atoms with Crippen molar-refractivity contribution < 1.29 is 51.2 Å². The lowest BCUT2D eigenvalue weighted by molar-refractivity contribution is 0.0434. The number of ether oxygens (including phenoxy) is 1. The van der Waals surface area contributed by atoms with Crippen LogP contribution < -0.4 is 11.2 Å². The van der Waals surface area contributed by atoms with Crippen LogP contribution in [0.15, 0.2) is 15.8 Å². The van der Waals surface area contributed by atoms with Gasteiger partial charge in [-0.15, -0.1) is 0 Å². The first kappa shape index (κ1) is 23.1. The fraction of sp³-hybridized carbons (Fsp3) is 0.500. The minimum absolute atomic E-state index is 0.477. The van der Waals surface area contributed by atoms with E-state index in [1.807, 2.05) is 0 Å². The molecular formula is C8H14FN2O12P3. The minimum atomic E-state index is -5.15. The van der Waals surface area contributed by atoms with Crippen molar-refractivity contribution in [2.75, 3.05) is 19.1 Å². The molecule has 14 nitrogen and oxygen atoms in total. The van der Waals surface area contributed by atoms with Crippen LogP contribution in [0.5, 0.6) is 0 Å². The Bertz CT molecular complexity index is 889. The van der Waals surface area contributed by atoms with Crippen LogP contribution in [-0.2, 0) is 34.0 Å². The van der Waals surface area contributed by atoms with E-state index in [1.165, 1.54) is 0 Å². The number of aromatic amines is 1. The summed E-state index contributed by atoms with van der Waals surface area (Å²) in [6.45, 7) is -1.75. The second-order valence-electron chi connectivity index (χ2n) is 4.57. The number of halogens is 1. The van der Waals surface area contributed by atoms with Crippen LogP contribution in [-0.4, -0.2) is 48.2 Å². The third-order valence-electron chi connectivity index (χ3n) is 2.27. The molecular weight excluding hydrogens is 428 g/mol. The van der Waals surface area contributed by atoms with E-state index >= 15 is 0 Å². The predicted octanol–water partition coefficient (Wildman–Crippen LogP) is -0.896. The Balaban J connectivity index is 2.47. The molecule has 0 bridgehead atoms. The maximum absolute atomic E-state index is 13.0. The number of hydrogen-bond acceptors (Lipinski definition) is 8. The fourth-order valence-corrected chi connectivity index (χ4v) is 5.71. The van der Waals surface area contributed by atoms with Crippen LogP contribution in [0.25, 0.3) is 0 Å². The second kappa shape index (κ2) is 8.81. The Morgan fingerprint density at radius 1 is 1.12 bits per heavy atom. The van der Waals surface area contributed by atoms with Crippen molar-refractivity contribution in [1.29, 1.82) is 0 Å². The van der Waals surface area contributed by atoms with Gasteiger partial charge in [0.1, 0.15) is 6.73 Å². The molecule has 18 heteroatoms. The number of H-pyrrole nitrogens is 1. The van der Waals surface area contributed by atoms with Crippen molar-refractivity contribution in [1.82, 2.24) is 9.55 Å². The lowest BCUT2D eigenvalue weighted by atomic mass is 10.6. The molecule has 150 valence electrons. The number of nitrogens with zero attached hydrogens (tertiary/aromatic N) is 1. The third-order valence-corrected chi connectivity index (χ3v) is 7.53. The minimum Gasteiger partial charge on any atom is -0.358 e. The Morgan fingerprint density at radius 3 is 2.31 bits per heavy atom. The van der Waals surface area contributed by atoms with Crippen molar-refractivity contribution in [3.63, 3.8) is 0 Å². The molecule has 0 aliphatic rings. The second-order valence-corrected chi connectivity index (χ2v) is 10.2. The Morgan fingerprint density at radius 2 is 1.73 bits per heavy atom. The molecule has 0 aliphatic carbocycles. The molecule has 2 atom stereocenters. The van der Waals surface area contributed by atoms with Gasteiger partial charge in [0.05, 0.1) is 19.4 Å². The van der Waals surface area contributed by atoms with E-state index in [0.29, 0.717) is 10.8 Å². The first-order valence-electron chi connectivity index (χ1n) is 6.33. The van der Waals surface area contributed by atoms with E-state index in [9.17, 15) is 32.6 Å². The molecule has 0 saturated carbocycles. The highest BCUT2D eigenvalue weighted by Gasteiger charge is 2.38. The van der Waals surface area contributed by atoms with Crippen LogP contribution in [0.2, 0.25) is 0 Å². The molecule has 26 heavy (non-hydrogen) atoms. The van der Waals surface area contributed by atoms with E-state index in [-0.39, 0.29) is 0 Å². The Kier molecular flexibility index (Phi) is 7.81. The zero-order valence-corrected chi connectivity index (χ0v) is 15.3. The fourth-order valence-electron chi connectivity index (χ4n) is 1.40. The van der Waals surface area contributed by atoms with Gasteiger partial charge in [0, 0.05) is 0 Å². The van der Waals surface area contributed by atoms with Gasteiger partial charge < -0.3 is 24.3 Å². The summed E-state index contributed by atoms with van der Waals surface area (Å²) in [5, 5.41) is 0. The maximum Gasteiger partial charge on any atom is 0.479 e. The molecule has 1 aromatic heterocycles. The molecule has 1 heterocycles. The smallest absolute Gasteiger partial charge is 0.358 e.